The Labute approximate surface area is 118 Å². The molecule has 0 aromatic carbocycles. The highest BCUT2D eigenvalue weighted by Gasteiger charge is 2.39. The quantitative estimate of drug-likeness (QED) is 0.845. The lowest BCUT2D eigenvalue weighted by atomic mass is 9.73. The Bertz CT molecular complexity index is 325. The Hall–Kier alpha value is -0.330. The van der Waals surface area contributed by atoms with Gasteiger partial charge in [-0.3, -0.25) is 9.80 Å². The molecule has 1 aliphatic heterocycles. The summed E-state index contributed by atoms with van der Waals surface area (Å²) >= 11 is 0. The SMILES string of the molecule is CC1(C)CCC(O)C(N2CCN(CC(F)(F)F)CC2)C1. The number of nitrogens with zero attached hydrogens (tertiary/aromatic N) is 2. The molecular formula is C14H25F3N2O. The molecule has 2 fully saturated rings. The molecule has 2 rings (SSSR count). The van der Waals surface area contributed by atoms with E-state index in [0.717, 1.165) is 19.3 Å². The van der Waals surface area contributed by atoms with Crippen LogP contribution >= 0.6 is 0 Å². The molecule has 0 bridgehead atoms. The first-order valence-electron chi connectivity index (χ1n) is 7.37. The third-order valence-corrected chi connectivity index (χ3v) is 4.60. The van der Waals surface area contributed by atoms with Crippen molar-refractivity contribution < 1.29 is 18.3 Å². The number of rotatable bonds is 2. The molecule has 1 aliphatic carbocycles. The van der Waals surface area contributed by atoms with Gasteiger partial charge < -0.3 is 5.11 Å². The average molecular weight is 294 g/mol. The molecule has 2 atom stereocenters. The molecule has 3 nitrogen and oxygen atoms in total. The van der Waals surface area contributed by atoms with Gasteiger partial charge in [0, 0.05) is 32.2 Å². The minimum absolute atomic E-state index is 0.104. The number of piperazine rings is 1. The van der Waals surface area contributed by atoms with Crippen LogP contribution in [0.25, 0.3) is 0 Å². The average Bonchev–Trinajstić information content (AvgIpc) is 2.31. The van der Waals surface area contributed by atoms with Crippen LogP contribution in [0.1, 0.15) is 33.1 Å². The standard InChI is InChI=1S/C14H25F3N2O/c1-13(2)4-3-12(20)11(9-13)19-7-5-18(6-8-19)10-14(15,16)17/h11-12,20H,3-10H2,1-2H3. The molecule has 6 heteroatoms. The Balaban J connectivity index is 1.86. The van der Waals surface area contributed by atoms with Crippen LogP contribution in [0.3, 0.4) is 0 Å². The van der Waals surface area contributed by atoms with Crippen LogP contribution in [0.15, 0.2) is 0 Å². The summed E-state index contributed by atoms with van der Waals surface area (Å²) in [5.41, 5.74) is 0.215. The predicted octanol–water partition coefficient (Wildman–Crippen LogP) is 2.11. The molecule has 1 saturated carbocycles. The second-order valence-electron chi connectivity index (χ2n) is 6.97. The molecular weight excluding hydrogens is 269 g/mol. The Morgan fingerprint density at radius 3 is 2.30 bits per heavy atom. The minimum Gasteiger partial charge on any atom is -0.391 e. The van der Waals surface area contributed by atoms with Gasteiger partial charge in [-0.1, -0.05) is 13.8 Å². The van der Waals surface area contributed by atoms with Gasteiger partial charge in [-0.05, 0) is 24.7 Å². The third kappa shape index (κ3) is 4.33. The van der Waals surface area contributed by atoms with E-state index in [1.54, 1.807) is 0 Å². The van der Waals surface area contributed by atoms with Gasteiger partial charge in [0.2, 0.25) is 0 Å². The highest BCUT2D eigenvalue weighted by atomic mass is 19.4. The van der Waals surface area contributed by atoms with Gasteiger partial charge in [-0.2, -0.15) is 13.2 Å². The summed E-state index contributed by atoms with van der Waals surface area (Å²) in [6.07, 6.45) is -1.72. The summed E-state index contributed by atoms with van der Waals surface area (Å²) < 4.78 is 37.1. The first kappa shape index (κ1) is 16.0. The van der Waals surface area contributed by atoms with Crippen molar-refractivity contribution in [2.75, 3.05) is 32.7 Å². The monoisotopic (exact) mass is 294 g/mol. The number of alkyl halides is 3. The highest BCUT2D eigenvalue weighted by molar-refractivity contribution is 4.92. The summed E-state index contributed by atoms with van der Waals surface area (Å²) in [4.78, 5) is 3.63. The minimum atomic E-state index is -4.12. The van der Waals surface area contributed by atoms with E-state index in [1.165, 1.54) is 4.90 Å². The first-order valence-corrected chi connectivity index (χ1v) is 7.37. The number of halogens is 3. The van der Waals surface area contributed by atoms with Crippen LogP contribution in [0.4, 0.5) is 13.2 Å². The summed E-state index contributed by atoms with van der Waals surface area (Å²) in [7, 11) is 0. The second kappa shape index (κ2) is 5.81. The lowest BCUT2D eigenvalue weighted by molar-refractivity contribution is -0.151. The molecule has 0 spiro atoms. The maximum absolute atomic E-state index is 12.4. The number of hydrogen-bond acceptors (Lipinski definition) is 3. The first-order chi connectivity index (χ1) is 9.16. The van der Waals surface area contributed by atoms with Crippen LogP contribution in [0.2, 0.25) is 0 Å². The van der Waals surface area contributed by atoms with Gasteiger partial charge in [0.15, 0.2) is 0 Å². The fourth-order valence-corrected chi connectivity index (χ4v) is 3.41. The van der Waals surface area contributed by atoms with E-state index >= 15 is 0 Å². The predicted molar refractivity (Wildman–Crippen MR) is 71.5 cm³/mol. The van der Waals surface area contributed by atoms with Crippen molar-refractivity contribution in [2.24, 2.45) is 5.41 Å². The molecule has 1 heterocycles. The van der Waals surface area contributed by atoms with Crippen LogP contribution in [0, 0.1) is 5.41 Å². The Morgan fingerprint density at radius 2 is 1.75 bits per heavy atom. The summed E-state index contributed by atoms with van der Waals surface area (Å²) in [5, 5.41) is 10.2. The van der Waals surface area contributed by atoms with Gasteiger partial charge in [-0.25, -0.2) is 0 Å². The van der Waals surface area contributed by atoms with Crippen molar-refractivity contribution in [1.29, 1.82) is 0 Å². The Morgan fingerprint density at radius 1 is 1.15 bits per heavy atom. The lowest BCUT2D eigenvalue weighted by Crippen LogP contribution is -2.57. The van der Waals surface area contributed by atoms with E-state index in [4.69, 9.17) is 0 Å². The summed E-state index contributed by atoms with van der Waals surface area (Å²) in [6, 6.07) is 0.104. The molecule has 1 saturated heterocycles. The smallest absolute Gasteiger partial charge is 0.391 e. The van der Waals surface area contributed by atoms with E-state index in [-0.39, 0.29) is 17.6 Å². The van der Waals surface area contributed by atoms with Crippen molar-refractivity contribution in [2.45, 2.75) is 51.4 Å². The molecule has 118 valence electrons. The third-order valence-electron chi connectivity index (χ3n) is 4.60. The highest BCUT2D eigenvalue weighted by Crippen LogP contribution is 2.37. The zero-order chi connectivity index (χ0) is 15.0. The lowest BCUT2D eigenvalue weighted by Gasteiger charge is -2.46. The van der Waals surface area contributed by atoms with Gasteiger partial charge in [0.25, 0.3) is 0 Å². The molecule has 0 radical (unpaired) electrons. The van der Waals surface area contributed by atoms with Crippen molar-refractivity contribution in [3.63, 3.8) is 0 Å². The normalized spacial score (nSPS) is 33.3. The number of hydrogen-bond donors (Lipinski definition) is 1. The Kier molecular flexibility index (Phi) is 4.66. The molecule has 1 N–H and O–H groups in total. The summed E-state index contributed by atoms with van der Waals surface area (Å²) in [6.45, 7) is 5.69. The van der Waals surface area contributed by atoms with Crippen LogP contribution in [-0.2, 0) is 0 Å². The second-order valence-corrected chi connectivity index (χ2v) is 6.97. The van der Waals surface area contributed by atoms with Crippen LogP contribution in [0.5, 0.6) is 0 Å². The van der Waals surface area contributed by atoms with Gasteiger partial charge in [0.1, 0.15) is 0 Å². The van der Waals surface area contributed by atoms with Crippen molar-refractivity contribution in [3.8, 4) is 0 Å². The molecule has 0 amide bonds. The van der Waals surface area contributed by atoms with Crippen molar-refractivity contribution in [1.82, 2.24) is 9.80 Å². The van der Waals surface area contributed by atoms with E-state index < -0.39 is 12.7 Å². The summed E-state index contributed by atoms with van der Waals surface area (Å²) in [5.74, 6) is 0. The van der Waals surface area contributed by atoms with Gasteiger partial charge >= 0.3 is 6.18 Å². The zero-order valence-corrected chi connectivity index (χ0v) is 12.3. The zero-order valence-electron chi connectivity index (χ0n) is 12.3. The van der Waals surface area contributed by atoms with Crippen LogP contribution < -0.4 is 0 Å². The van der Waals surface area contributed by atoms with E-state index in [1.807, 2.05) is 0 Å². The molecule has 20 heavy (non-hydrogen) atoms. The fraction of sp³-hybridized carbons (Fsp3) is 1.00. The van der Waals surface area contributed by atoms with E-state index in [9.17, 15) is 18.3 Å². The van der Waals surface area contributed by atoms with Gasteiger partial charge in [0.05, 0.1) is 12.6 Å². The van der Waals surface area contributed by atoms with Gasteiger partial charge in [-0.15, -0.1) is 0 Å². The number of aliphatic hydroxyl groups excluding tert-OH is 1. The van der Waals surface area contributed by atoms with Crippen molar-refractivity contribution in [3.05, 3.63) is 0 Å². The molecule has 0 aromatic heterocycles. The van der Waals surface area contributed by atoms with Crippen LogP contribution in [-0.4, -0.2) is 66.0 Å². The number of aliphatic hydroxyl groups is 1. The largest absolute Gasteiger partial charge is 0.401 e. The molecule has 2 unspecified atom stereocenters. The van der Waals surface area contributed by atoms with E-state index in [0.29, 0.717) is 26.2 Å². The van der Waals surface area contributed by atoms with Crippen molar-refractivity contribution >= 4 is 0 Å². The topological polar surface area (TPSA) is 26.7 Å². The van der Waals surface area contributed by atoms with E-state index in [2.05, 4.69) is 18.7 Å². The molecule has 0 aromatic rings. The molecule has 2 aliphatic rings. The maximum atomic E-state index is 12.4. The maximum Gasteiger partial charge on any atom is 0.401 e. The fourth-order valence-electron chi connectivity index (χ4n) is 3.41.